The molecule has 82 valence electrons. The molecule has 1 aliphatic heterocycles. The van der Waals surface area contributed by atoms with E-state index in [1.807, 2.05) is 6.92 Å². The minimum atomic E-state index is -0.310. The van der Waals surface area contributed by atoms with Crippen LogP contribution in [0.15, 0.2) is 10.2 Å². The van der Waals surface area contributed by atoms with Gasteiger partial charge < -0.3 is 15.0 Å². The molecule has 0 radical (unpaired) electrons. The summed E-state index contributed by atoms with van der Waals surface area (Å²) in [6.07, 6.45) is 0.799. The van der Waals surface area contributed by atoms with E-state index in [4.69, 9.17) is 4.74 Å². The van der Waals surface area contributed by atoms with Gasteiger partial charge in [0.05, 0.1) is 12.1 Å². The van der Waals surface area contributed by atoms with Crippen LogP contribution in [0.25, 0.3) is 0 Å². The van der Waals surface area contributed by atoms with Crippen LogP contribution in [0.4, 0.5) is 0 Å². The van der Waals surface area contributed by atoms with Crippen LogP contribution in [0.5, 0.6) is 0 Å². The molecular weight excluding hydrogens is 216 g/mol. The molecule has 1 atom stereocenters. The van der Waals surface area contributed by atoms with Crippen molar-refractivity contribution in [2.75, 3.05) is 13.2 Å². The van der Waals surface area contributed by atoms with Gasteiger partial charge in [0.1, 0.15) is 5.69 Å². The summed E-state index contributed by atoms with van der Waals surface area (Å²) in [6.45, 7) is 3.12. The van der Waals surface area contributed by atoms with Gasteiger partial charge in [-0.1, -0.05) is 11.3 Å². The highest BCUT2D eigenvalue weighted by Crippen LogP contribution is 2.17. The summed E-state index contributed by atoms with van der Waals surface area (Å²) in [5.74, 6) is -0.249. The number of aromatic amines is 1. The van der Waals surface area contributed by atoms with Crippen LogP contribution in [0, 0.1) is 0 Å². The van der Waals surface area contributed by atoms with Gasteiger partial charge in [-0.3, -0.25) is 9.59 Å². The fraction of sp³-hybridized carbons (Fsp3) is 0.556. The minimum Gasteiger partial charge on any atom is -0.379 e. The van der Waals surface area contributed by atoms with Crippen LogP contribution in [-0.2, 0) is 4.74 Å². The molecule has 0 saturated carbocycles. The predicted molar refractivity (Wildman–Crippen MR) is 56.2 cm³/mol. The molecule has 1 saturated heterocycles. The number of hydrogen-bond donors (Lipinski definition) is 2. The summed E-state index contributed by atoms with van der Waals surface area (Å²) in [4.78, 5) is 24.8. The molecule has 1 amide bonds. The third kappa shape index (κ3) is 2.27. The molecule has 1 aliphatic rings. The van der Waals surface area contributed by atoms with Gasteiger partial charge in [-0.05, 0) is 13.3 Å². The van der Waals surface area contributed by atoms with Crippen LogP contribution in [0.1, 0.15) is 23.8 Å². The Morgan fingerprint density at radius 1 is 1.73 bits per heavy atom. The highest BCUT2D eigenvalue weighted by Gasteiger charge is 2.31. The molecule has 0 spiro atoms. The summed E-state index contributed by atoms with van der Waals surface area (Å²) >= 11 is 0.986. The molecular formula is C9H12N2O3S. The van der Waals surface area contributed by atoms with E-state index in [9.17, 15) is 9.59 Å². The molecule has 2 rings (SSSR count). The van der Waals surface area contributed by atoms with Crippen LogP contribution >= 0.6 is 11.3 Å². The maximum atomic E-state index is 11.7. The Labute approximate surface area is 90.5 Å². The predicted octanol–water partition coefficient (Wildman–Crippen LogP) is 0.345. The molecule has 1 aromatic rings. The molecule has 5 nitrogen and oxygen atoms in total. The van der Waals surface area contributed by atoms with E-state index in [2.05, 4.69) is 10.3 Å². The van der Waals surface area contributed by atoms with Crippen molar-refractivity contribution in [1.82, 2.24) is 10.3 Å². The number of carbonyl (C=O) groups is 1. The highest BCUT2D eigenvalue weighted by atomic mass is 32.1. The van der Waals surface area contributed by atoms with Crippen LogP contribution in [-0.4, -0.2) is 29.6 Å². The van der Waals surface area contributed by atoms with Gasteiger partial charge in [0.25, 0.3) is 5.91 Å². The fourth-order valence-electron chi connectivity index (χ4n) is 1.50. The maximum absolute atomic E-state index is 11.7. The third-order valence-corrected chi connectivity index (χ3v) is 3.07. The lowest BCUT2D eigenvalue weighted by Crippen LogP contribution is -2.46. The molecule has 0 aromatic carbocycles. The Bertz CT molecular complexity index is 417. The molecule has 1 fully saturated rings. The second kappa shape index (κ2) is 3.79. The van der Waals surface area contributed by atoms with Crippen molar-refractivity contribution >= 4 is 17.2 Å². The Kier molecular flexibility index (Phi) is 2.62. The summed E-state index contributed by atoms with van der Waals surface area (Å²) < 4.78 is 5.22. The Balaban J connectivity index is 2.06. The Morgan fingerprint density at radius 2 is 2.53 bits per heavy atom. The first-order chi connectivity index (χ1) is 7.09. The zero-order valence-corrected chi connectivity index (χ0v) is 9.15. The normalized spacial score (nSPS) is 25.4. The first kappa shape index (κ1) is 10.4. The first-order valence-corrected chi connectivity index (χ1v) is 5.55. The lowest BCUT2D eigenvalue weighted by molar-refractivity contribution is 0.0885. The number of ether oxygens (including phenoxy) is 1. The van der Waals surface area contributed by atoms with E-state index in [1.54, 1.807) is 0 Å². The number of H-pyrrole nitrogens is 1. The van der Waals surface area contributed by atoms with Crippen molar-refractivity contribution in [2.45, 2.75) is 18.9 Å². The number of hydrogen-bond acceptors (Lipinski definition) is 4. The topological polar surface area (TPSA) is 71.2 Å². The number of thiazole rings is 1. The first-order valence-electron chi connectivity index (χ1n) is 4.67. The van der Waals surface area contributed by atoms with Crippen molar-refractivity contribution in [2.24, 2.45) is 0 Å². The average molecular weight is 228 g/mol. The average Bonchev–Trinajstić information content (AvgIpc) is 2.75. The van der Waals surface area contributed by atoms with Crippen LogP contribution in [0.3, 0.4) is 0 Å². The van der Waals surface area contributed by atoms with Crippen molar-refractivity contribution < 1.29 is 9.53 Å². The molecule has 0 bridgehead atoms. The monoisotopic (exact) mass is 228 g/mol. The van der Waals surface area contributed by atoms with Gasteiger partial charge in [-0.2, -0.15) is 0 Å². The number of rotatable bonds is 2. The van der Waals surface area contributed by atoms with E-state index in [-0.39, 0.29) is 16.3 Å². The zero-order valence-electron chi connectivity index (χ0n) is 8.33. The van der Waals surface area contributed by atoms with Gasteiger partial charge in [0, 0.05) is 12.0 Å². The van der Waals surface area contributed by atoms with Gasteiger partial charge in [0.15, 0.2) is 0 Å². The second-order valence-electron chi connectivity index (χ2n) is 3.88. The second-order valence-corrected chi connectivity index (χ2v) is 4.72. The van der Waals surface area contributed by atoms with Crippen molar-refractivity contribution in [1.29, 1.82) is 0 Å². The van der Waals surface area contributed by atoms with Crippen molar-refractivity contribution in [3.63, 3.8) is 0 Å². The smallest absolute Gasteiger partial charge is 0.305 e. The van der Waals surface area contributed by atoms with Crippen LogP contribution < -0.4 is 10.2 Å². The van der Waals surface area contributed by atoms with E-state index in [0.717, 1.165) is 17.8 Å². The quantitative estimate of drug-likeness (QED) is 0.767. The lowest BCUT2D eigenvalue weighted by atomic mass is 10.0. The van der Waals surface area contributed by atoms with Crippen molar-refractivity contribution in [3.05, 3.63) is 20.7 Å². The Morgan fingerprint density at radius 3 is 3.07 bits per heavy atom. The Hall–Kier alpha value is -1.14. The summed E-state index contributed by atoms with van der Waals surface area (Å²) in [7, 11) is 0. The maximum Gasteiger partial charge on any atom is 0.305 e. The number of carbonyl (C=O) groups excluding carboxylic acids is 1. The van der Waals surface area contributed by atoms with Gasteiger partial charge >= 0.3 is 4.87 Å². The molecule has 6 heteroatoms. The van der Waals surface area contributed by atoms with E-state index in [1.165, 1.54) is 5.38 Å². The summed E-state index contributed by atoms with van der Waals surface area (Å²) in [5, 5.41) is 4.38. The summed E-state index contributed by atoms with van der Waals surface area (Å²) in [6, 6.07) is 0. The molecule has 2 heterocycles. The zero-order chi connectivity index (χ0) is 10.9. The SMILES string of the molecule is CC1(NC(=O)c2csc(=O)[nH]2)CCOC1. The fourth-order valence-corrected chi connectivity index (χ4v) is 2.06. The summed E-state index contributed by atoms with van der Waals surface area (Å²) in [5.41, 5.74) is 0.00809. The molecule has 0 aliphatic carbocycles. The van der Waals surface area contributed by atoms with Crippen LogP contribution in [0.2, 0.25) is 0 Å². The number of aromatic nitrogens is 1. The molecule has 1 unspecified atom stereocenters. The molecule has 2 N–H and O–H groups in total. The molecule has 1 aromatic heterocycles. The number of nitrogens with one attached hydrogen (secondary N) is 2. The van der Waals surface area contributed by atoms with E-state index in [0.29, 0.717) is 18.9 Å². The van der Waals surface area contributed by atoms with Crippen molar-refractivity contribution in [3.8, 4) is 0 Å². The molecule has 15 heavy (non-hydrogen) atoms. The standard InChI is InChI=1S/C9H12N2O3S/c1-9(2-3-14-5-9)11-7(12)6-4-15-8(13)10-6/h4H,2-3,5H2,1H3,(H,10,13)(H,11,12). The number of amides is 1. The van der Waals surface area contributed by atoms with E-state index < -0.39 is 0 Å². The van der Waals surface area contributed by atoms with Gasteiger partial charge in [0.2, 0.25) is 0 Å². The highest BCUT2D eigenvalue weighted by molar-refractivity contribution is 7.07. The van der Waals surface area contributed by atoms with E-state index >= 15 is 0 Å². The largest absolute Gasteiger partial charge is 0.379 e. The lowest BCUT2D eigenvalue weighted by Gasteiger charge is -2.22. The van der Waals surface area contributed by atoms with Gasteiger partial charge in [-0.15, -0.1) is 0 Å². The third-order valence-electron chi connectivity index (χ3n) is 2.40. The minimum absolute atomic E-state index is 0.215. The van der Waals surface area contributed by atoms with Gasteiger partial charge in [-0.25, -0.2) is 0 Å².